The Balaban J connectivity index is 1.20. The van der Waals surface area contributed by atoms with E-state index in [4.69, 9.17) is 8.83 Å². The number of anilines is 3. The van der Waals surface area contributed by atoms with Gasteiger partial charge in [0.1, 0.15) is 16.7 Å². The van der Waals surface area contributed by atoms with Gasteiger partial charge in [0.2, 0.25) is 0 Å². The van der Waals surface area contributed by atoms with Crippen LogP contribution in [-0.4, -0.2) is 0 Å². The summed E-state index contributed by atoms with van der Waals surface area (Å²) in [5.74, 6) is 0. The molecule has 0 atom stereocenters. The van der Waals surface area contributed by atoms with Crippen molar-refractivity contribution in [3.8, 4) is 22.3 Å². The molecule has 0 saturated heterocycles. The summed E-state index contributed by atoms with van der Waals surface area (Å²) in [5, 5.41) is 6.85. The first kappa shape index (κ1) is 27.5. The second-order valence-corrected chi connectivity index (χ2v) is 12.5. The largest absolute Gasteiger partial charge is 0.456 e. The normalized spacial score (nSPS) is 11.7. The summed E-state index contributed by atoms with van der Waals surface area (Å²) in [6, 6.07) is 62.0. The van der Waals surface area contributed by atoms with Crippen molar-refractivity contribution in [3.05, 3.63) is 176 Å². The maximum Gasteiger partial charge on any atom is 0.160 e. The number of nitrogens with zero attached hydrogens (tertiary/aromatic N) is 1. The molecule has 49 heavy (non-hydrogen) atoms. The molecule has 10 rings (SSSR count). The molecule has 10 aromatic rings. The Bertz CT molecular complexity index is 2830. The molecule has 0 amide bonds. The molecule has 8 aromatic carbocycles. The van der Waals surface area contributed by atoms with Crippen molar-refractivity contribution in [2.24, 2.45) is 0 Å². The third-order valence-corrected chi connectivity index (χ3v) is 9.66. The van der Waals surface area contributed by atoms with Crippen molar-refractivity contribution in [1.82, 2.24) is 0 Å². The second kappa shape index (κ2) is 11.0. The molecule has 0 aliphatic heterocycles. The van der Waals surface area contributed by atoms with Gasteiger partial charge in [-0.2, -0.15) is 0 Å². The highest BCUT2D eigenvalue weighted by atomic mass is 16.3. The summed E-state index contributed by atoms with van der Waals surface area (Å²) >= 11 is 0. The zero-order chi connectivity index (χ0) is 32.3. The molecule has 0 aliphatic carbocycles. The average Bonchev–Trinajstić information content (AvgIpc) is 3.74. The first-order chi connectivity index (χ1) is 24.3. The van der Waals surface area contributed by atoms with Gasteiger partial charge < -0.3 is 13.7 Å². The summed E-state index contributed by atoms with van der Waals surface area (Å²) < 4.78 is 13.0. The predicted octanol–water partition coefficient (Wildman–Crippen LogP) is 13.4. The fourth-order valence-corrected chi connectivity index (χ4v) is 7.30. The number of para-hydroxylation sites is 2. The van der Waals surface area contributed by atoms with Gasteiger partial charge in [-0.05, 0) is 87.6 Å². The van der Waals surface area contributed by atoms with E-state index in [1.165, 1.54) is 21.9 Å². The van der Waals surface area contributed by atoms with Gasteiger partial charge in [0.25, 0.3) is 0 Å². The van der Waals surface area contributed by atoms with E-state index in [0.29, 0.717) is 0 Å². The molecule has 0 spiro atoms. The van der Waals surface area contributed by atoms with Gasteiger partial charge in [0.15, 0.2) is 5.58 Å². The van der Waals surface area contributed by atoms with Gasteiger partial charge >= 0.3 is 0 Å². The molecule has 0 bridgehead atoms. The van der Waals surface area contributed by atoms with Gasteiger partial charge in [-0.15, -0.1) is 0 Å². The molecule has 0 aliphatic rings. The number of rotatable bonds is 5. The molecule has 0 fully saturated rings. The zero-order valence-corrected chi connectivity index (χ0v) is 26.5. The lowest BCUT2D eigenvalue weighted by Gasteiger charge is -2.26. The quantitative estimate of drug-likeness (QED) is 0.190. The van der Waals surface area contributed by atoms with Crippen molar-refractivity contribution >= 4 is 71.7 Å². The summed E-state index contributed by atoms with van der Waals surface area (Å²) in [6.07, 6.45) is 0. The fraction of sp³-hybridized carbons (Fsp3) is 0. The fourth-order valence-electron chi connectivity index (χ4n) is 7.30. The Hall–Kier alpha value is -6.58. The molecule has 3 heteroatoms. The van der Waals surface area contributed by atoms with Crippen LogP contribution in [0.1, 0.15) is 0 Å². The van der Waals surface area contributed by atoms with Gasteiger partial charge in [0, 0.05) is 32.9 Å². The van der Waals surface area contributed by atoms with Crippen LogP contribution in [0, 0.1) is 0 Å². The lowest BCUT2D eigenvalue weighted by atomic mass is 9.98. The molecule has 0 saturated carbocycles. The summed E-state index contributed by atoms with van der Waals surface area (Å²) in [7, 11) is 0. The Kier molecular flexibility index (Phi) is 6.18. The first-order valence-corrected chi connectivity index (χ1v) is 16.6. The van der Waals surface area contributed by atoms with Crippen LogP contribution >= 0.6 is 0 Å². The second-order valence-electron chi connectivity index (χ2n) is 12.5. The molecule has 230 valence electrons. The van der Waals surface area contributed by atoms with E-state index in [2.05, 4.69) is 163 Å². The van der Waals surface area contributed by atoms with Crippen LogP contribution in [0.25, 0.3) is 76.9 Å². The summed E-state index contributed by atoms with van der Waals surface area (Å²) in [6.45, 7) is 0. The number of benzene rings is 8. The van der Waals surface area contributed by atoms with E-state index in [0.717, 1.165) is 72.1 Å². The number of furan rings is 2. The zero-order valence-electron chi connectivity index (χ0n) is 26.5. The van der Waals surface area contributed by atoms with E-state index >= 15 is 0 Å². The van der Waals surface area contributed by atoms with Crippen LogP contribution in [0.15, 0.2) is 185 Å². The smallest absolute Gasteiger partial charge is 0.160 e. The molecule has 0 radical (unpaired) electrons. The molecule has 3 nitrogen and oxygen atoms in total. The summed E-state index contributed by atoms with van der Waals surface area (Å²) in [4.78, 5) is 2.31. The van der Waals surface area contributed by atoms with E-state index in [-0.39, 0.29) is 0 Å². The molecule has 2 aromatic heterocycles. The van der Waals surface area contributed by atoms with Gasteiger partial charge in [0.05, 0.1) is 5.69 Å². The first-order valence-electron chi connectivity index (χ1n) is 16.6. The van der Waals surface area contributed by atoms with E-state index in [1.54, 1.807) is 0 Å². The van der Waals surface area contributed by atoms with Crippen molar-refractivity contribution in [2.75, 3.05) is 4.90 Å². The third kappa shape index (κ3) is 4.51. The van der Waals surface area contributed by atoms with Crippen LogP contribution in [-0.2, 0) is 0 Å². The summed E-state index contributed by atoms with van der Waals surface area (Å²) in [5.41, 5.74) is 11.1. The Morgan fingerprint density at radius 1 is 0.367 bits per heavy atom. The average molecular weight is 628 g/mol. The SMILES string of the molecule is c1ccc(-c2ccc(N(c3ccc(-c4ccc5ccccc5c4)cc3)c3ccc4oc5ccccc5c4c3)c3oc4ccccc4c23)cc1. The van der Waals surface area contributed by atoms with E-state index in [1.807, 2.05) is 18.2 Å². The Morgan fingerprint density at radius 3 is 1.86 bits per heavy atom. The molecule has 0 unspecified atom stereocenters. The molecular formula is C46H29NO2. The highest BCUT2D eigenvalue weighted by Crippen LogP contribution is 2.46. The number of hydrogen-bond acceptors (Lipinski definition) is 3. The van der Waals surface area contributed by atoms with E-state index in [9.17, 15) is 0 Å². The third-order valence-electron chi connectivity index (χ3n) is 9.66. The van der Waals surface area contributed by atoms with E-state index < -0.39 is 0 Å². The molecular weight excluding hydrogens is 599 g/mol. The Morgan fingerprint density at radius 2 is 1.02 bits per heavy atom. The maximum absolute atomic E-state index is 6.79. The highest BCUT2D eigenvalue weighted by Gasteiger charge is 2.23. The van der Waals surface area contributed by atoms with Crippen LogP contribution in [0.4, 0.5) is 17.1 Å². The molecule has 0 N–H and O–H groups in total. The number of fused-ring (bicyclic) bond motifs is 7. The van der Waals surface area contributed by atoms with Crippen molar-refractivity contribution < 1.29 is 8.83 Å². The van der Waals surface area contributed by atoms with Crippen molar-refractivity contribution in [3.63, 3.8) is 0 Å². The monoisotopic (exact) mass is 627 g/mol. The van der Waals surface area contributed by atoms with Crippen molar-refractivity contribution in [1.29, 1.82) is 0 Å². The van der Waals surface area contributed by atoms with Gasteiger partial charge in [-0.1, -0.05) is 121 Å². The van der Waals surface area contributed by atoms with Crippen LogP contribution in [0.5, 0.6) is 0 Å². The van der Waals surface area contributed by atoms with Crippen molar-refractivity contribution in [2.45, 2.75) is 0 Å². The standard InChI is InChI=1S/C46H29NO2/c1-2-11-32(12-3-1)37-25-26-41(46-45(37)39-15-7-9-17-43(39)49-46)47(36-24-27-44-40(29-36)38-14-6-8-16-42(38)48-44)35-22-20-31(21-23-35)34-19-18-30-10-4-5-13-33(30)28-34/h1-29H. The lowest BCUT2D eigenvalue weighted by molar-refractivity contribution is 0.669. The Labute approximate surface area is 282 Å². The molecule has 2 heterocycles. The van der Waals surface area contributed by atoms with Gasteiger partial charge in [-0.3, -0.25) is 0 Å². The minimum absolute atomic E-state index is 0.846. The van der Waals surface area contributed by atoms with Crippen LogP contribution in [0.3, 0.4) is 0 Å². The highest BCUT2D eigenvalue weighted by molar-refractivity contribution is 6.17. The number of hydrogen-bond donors (Lipinski definition) is 0. The van der Waals surface area contributed by atoms with Crippen LogP contribution < -0.4 is 4.90 Å². The topological polar surface area (TPSA) is 29.5 Å². The van der Waals surface area contributed by atoms with Gasteiger partial charge in [-0.25, -0.2) is 0 Å². The minimum Gasteiger partial charge on any atom is -0.456 e. The predicted molar refractivity (Wildman–Crippen MR) is 204 cm³/mol. The minimum atomic E-state index is 0.846. The maximum atomic E-state index is 6.79. The van der Waals surface area contributed by atoms with Crippen LogP contribution in [0.2, 0.25) is 0 Å². The lowest BCUT2D eigenvalue weighted by Crippen LogP contribution is -2.10.